The molecule has 0 aliphatic carbocycles. The summed E-state index contributed by atoms with van der Waals surface area (Å²) in [5.74, 6) is -0.0675. The Morgan fingerprint density at radius 1 is 1.30 bits per heavy atom. The van der Waals surface area contributed by atoms with Gasteiger partial charge in [0.15, 0.2) is 0 Å². The van der Waals surface area contributed by atoms with E-state index in [1.807, 2.05) is 41.7 Å². The summed E-state index contributed by atoms with van der Waals surface area (Å²) in [4.78, 5) is 16.0. The third kappa shape index (κ3) is 4.41. The summed E-state index contributed by atoms with van der Waals surface area (Å²) in [6.07, 6.45) is 1.70. The van der Waals surface area contributed by atoms with E-state index in [1.54, 1.807) is 0 Å². The summed E-state index contributed by atoms with van der Waals surface area (Å²) in [5, 5.41) is 5.13. The lowest BCUT2D eigenvalue weighted by Crippen LogP contribution is -2.45. The summed E-state index contributed by atoms with van der Waals surface area (Å²) >= 11 is 1.85. The van der Waals surface area contributed by atoms with Crippen molar-refractivity contribution in [1.82, 2.24) is 10.2 Å². The number of hydrogen-bond acceptors (Lipinski definition) is 4. The van der Waals surface area contributed by atoms with Gasteiger partial charge in [0.2, 0.25) is 5.91 Å². The number of nitrogens with one attached hydrogen (secondary N) is 1. The van der Waals surface area contributed by atoms with E-state index >= 15 is 0 Å². The number of amides is 1. The van der Waals surface area contributed by atoms with Crippen LogP contribution in [0, 0.1) is 0 Å². The molecule has 1 unspecified atom stereocenters. The van der Waals surface area contributed by atoms with Crippen molar-refractivity contribution in [2.45, 2.75) is 25.4 Å². The summed E-state index contributed by atoms with van der Waals surface area (Å²) in [7, 11) is 0. The molecule has 0 fully saturated rings. The summed E-state index contributed by atoms with van der Waals surface area (Å²) in [5.41, 5.74) is 8.53. The normalized spacial score (nSPS) is 15.9. The van der Waals surface area contributed by atoms with Crippen molar-refractivity contribution in [3.63, 3.8) is 0 Å². The first-order chi connectivity index (χ1) is 11.2. The van der Waals surface area contributed by atoms with Crippen molar-refractivity contribution in [3.05, 3.63) is 57.8 Å². The Balaban J connectivity index is 1.39. The van der Waals surface area contributed by atoms with E-state index in [0.717, 1.165) is 31.6 Å². The average molecular weight is 329 g/mol. The molecule has 1 aliphatic heterocycles. The highest BCUT2D eigenvalue weighted by atomic mass is 32.1. The van der Waals surface area contributed by atoms with Crippen molar-refractivity contribution in [2.75, 3.05) is 19.6 Å². The van der Waals surface area contributed by atoms with Crippen LogP contribution < -0.4 is 11.1 Å². The fraction of sp³-hybridized carbons (Fsp3) is 0.389. The van der Waals surface area contributed by atoms with Gasteiger partial charge in [-0.05, 0) is 35.4 Å². The summed E-state index contributed by atoms with van der Waals surface area (Å²) in [6.45, 7) is 3.59. The predicted octanol–water partition coefficient (Wildman–Crippen LogP) is 1.79. The lowest BCUT2D eigenvalue weighted by molar-refractivity contribution is -0.122. The van der Waals surface area contributed by atoms with Crippen LogP contribution in [0.5, 0.6) is 0 Å². The van der Waals surface area contributed by atoms with Crippen LogP contribution in [0.1, 0.15) is 16.0 Å². The second-order valence-corrected chi connectivity index (χ2v) is 6.98. The van der Waals surface area contributed by atoms with Gasteiger partial charge in [-0.25, -0.2) is 0 Å². The highest BCUT2D eigenvalue weighted by molar-refractivity contribution is 7.10. The molecule has 0 radical (unpaired) electrons. The zero-order valence-corrected chi connectivity index (χ0v) is 14.0. The molecule has 0 spiro atoms. The maximum absolute atomic E-state index is 12.1. The lowest BCUT2D eigenvalue weighted by Gasteiger charge is -2.27. The van der Waals surface area contributed by atoms with E-state index in [1.165, 1.54) is 10.4 Å². The van der Waals surface area contributed by atoms with Gasteiger partial charge in [-0.2, -0.15) is 0 Å². The fourth-order valence-corrected chi connectivity index (χ4v) is 3.82. The quantitative estimate of drug-likeness (QED) is 0.849. The minimum atomic E-state index is -0.484. The van der Waals surface area contributed by atoms with Crippen LogP contribution in [0.25, 0.3) is 0 Å². The van der Waals surface area contributed by atoms with Crippen molar-refractivity contribution < 1.29 is 4.79 Å². The Bertz CT molecular complexity index is 641. The van der Waals surface area contributed by atoms with Crippen LogP contribution in [0.2, 0.25) is 0 Å². The highest BCUT2D eigenvalue weighted by Crippen LogP contribution is 2.23. The molecule has 2 aromatic rings. The third-order valence-corrected chi connectivity index (χ3v) is 5.27. The van der Waals surface area contributed by atoms with E-state index in [2.05, 4.69) is 21.7 Å². The average Bonchev–Trinajstić information content (AvgIpc) is 3.03. The Labute approximate surface area is 141 Å². The van der Waals surface area contributed by atoms with Crippen LogP contribution in [0.3, 0.4) is 0 Å². The van der Waals surface area contributed by atoms with Crippen LogP contribution >= 0.6 is 11.3 Å². The molecule has 3 rings (SSSR count). The number of fused-ring (bicyclic) bond motifs is 1. The molecule has 5 heteroatoms. The molecular formula is C18H23N3OS. The van der Waals surface area contributed by atoms with Gasteiger partial charge in [0.05, 0.1) is 6.04 Å². The number of rotatable bonds is 6. The molecule has 4 nitrogen and oxygen atoms in total. The van der Waals surface area contributed by atoms with Gasteiger partial charge in [0, 0.05) is 31.1 Å². The van der Waals surface area contributed by atoms with Crippen molar-refractivity contribution in [1.29, 1.82) is 0 Å². The maximum Gasteiger partial charge on any atom is 0.237 e. The summed E-state index contributed by atoms with van der Waals surface area (Å²) in [6, 6.07) is 11.6. The molecule has 122 valence electrons. The molecule has 3 N–H and O–H groups in total. The van der Waals surface area contributed by atoms with E-state index in [9.17, 15) is 4.79 Å². The Morgan fingerprint density at radius 3 is 2.96 bits per heavy atom. The molecular weight excluding hydrogens is 306 g/mol. The second-order valence-electron chi connectivity index (χ2n) is 5.98. The number of carbonyl (C=O) groups is 1. The fourth-order valence-electron chi connectivity index (χ4n) is 2.93. The zero-order valence-electron chi connectivity index (χ0n) is 13.2. The second kappa shape index (κ2) is 7.73. The molecule has 2 heterocycles. The monoisotopic (exact) mass is 329 g/mol. The Kier molecular flexibility index (Phi) is 5.43. The number of thiophene rings is 1. The standard InChI is InChI=1S/C18H23N3OS/c19-16(12-14-4-2-1-3-5-14)18(22)20-8-10-21-9-6-17-15(13-21)7-11-23-17/h1-5,7,11,16H,6,8-10,12-13,19H2,(H,20,22). The van der Waals surface area contributed by atoms with Gasteiger partial charge in [-0.1, -0.05) is 30.3 Å². The molecule has 1 amide bonds. The van der Waals surface area contributed by atoms with Gasteiger partial charge >= 0.3 is 0 Å². The first kappa shape index (κ1) is 16.2. The predicted molar refractivity (Wildman–Crippen MR) is 94.4 cm³/mol. The van der Waals surface area contributed by atoms with Gasteiger partial charge < -0.3 is 11.1 Å². The first-order valence-electron chi connectivity index (χ1n) is 8.07. The maximum atomic E-state index is 12.1. The number of benzene rings is 1. The van der Waals surface area contributed by atoms with Gasteiger partial charge in [-0.3, -0.25) is 9.69 Å². The van der Waals surface area contributed by atoms with E-state index in [4.69, 9.17) is 5.73 Å². The van der Waals surface area contributed by atoms with E-state index < -0.39 is 6.04 Å². The summed E-state index contributed by atoms with van der Waals surface area (Å²) < 4.78 is 0. The Hall–Kier alpha value is -1.69. The lowest BCUT2D eigenvalue weighted by atomic mass is 10.1. The van der Waals surface area contributed by atoms with Crippen molar-refractivity contribution >= 4 is 17.2 Å². The van der Waals surface area contributed by atoms with Gasteiger partial charge in [0.25, 0.3) is 0 Å². The molecule has 1 aromatic carbocycles. The van der Waals surface area contributed by atoms with Gasteiger partial charge in [-0.15, -0.1) is 11.3 Å². The van der Waals surface area contributed by atoms with Crippen LogP contribution in [0.15, 0.2) is 41.8 Å². The smallest absolute Gasteiger partial charge is 0.237 e. The number of nitrogens with two attached hydrogens (primary N) is 1. The van der Waals surface area contributed by atoms with Crippen molar-refractivity contribution in [2.24, 2.45) is 5.73 Å². The van der Waals surface area contributed by atoms with Crippen LogP contribution in [0.4, 0.5) is 0 Å². The number of carbonyl (C=O) groups excluding carboxylic acids is 1. The third-order valence-electron chi connectivity index (χ3n) is 4.25. The molecule has 0 bridgehead atoms. The largest absolute Gasteiger partial charge is 0.353 e. The molecule has 1 aliphatic rings. The molecule has 0 saturated heterocycles. The first-order valence-corrected chi connectivity index (χ1v) is 8.95. The van der Waals surface area contributed by atoms with Crippen LogP contribution in [-0.2, 0) is 24.2 Å². The highest BCUT2D eigenvalue weighted by Gasteiger charge is 2.18. The minimum absolute atomic E-state index is 0.0675. The van der Waals surface area contributed by atoms with E-state index in [0.29, 0.717) is 13.0 Å². The molecule has 0 saturated carbocycles. The molecule has 1 aromatic heterocycles. The minimum Gasteiger partial charge on any atom is -0.353 e. The van der Waals surface area contributed by atoms with E-state index in [-0.39, 0.29) is 5.91 Å². The van der Waals surface area contributed by atoms with Crippen LogP contribution in [-0.4, -0.2) is 36.5 Å². The zero-order chi connectivity index (χ0) is 16.1. The Morgan fingerprint density at radius 2 is 2.13 bits per heavy atom. The topological polar surface area (TPSA) is 58.4 Å². The SMILES string of the molecule is NC(Cc1ccccc1)C(=O)NCCN1CCc2sccc2C1. The number of nitrogens with zero attached hydrogens (tertiary/aromatic N) is 1. The molecule has 1 atom stereocenters. The van der Waals surface area contributed by atoms with Gasteiger partial charge in [0.1, 0.15) is 0 Å². The van der Waals surface area contributed by atoms with Crippen molar-refractivity contribution in [3.8, 4) is 0 Å². The molecule has 23 heavy (non-hydrogen) atoms. The number of hydrogen-bond donors (Lipinski definition) is 2.